The lowest BCUT2D eigenvalue weighted by Crippen LogP contribution is -2.60. The van der Waals surface area contributed by atoms with Crippen LogP contribution < -0.4 is 5.32 Å². The molecule has 2 fully saturated rings. The maximum absolute atomic E-state index is 11.7. The molecule has 22 heavy (non-hydrogen) atoms. The number of nitrogens with zero attached hydrogens (tertiary/aromatic N) is 2. The largest absolute Gasteiger partial charge is 0.356 e. The first-order valence-electron chi connectivity index (χ1n) is 8.02. The van der Waals surface area contributed by atoms with E-state index in [0.29, 0.717) is 6.42 Å². The number of carbonyl (C=O) groups is 1. The van der Waals surface area contributed by atoms with Crippen molar-refractivity contribution in [1.82, 2.24) is 15.1 Å². The second kappa shape index (κ2) is 6.57. The van der Waals surface area contributed by atoms with E-state index in [9.17, 15) is 4.79 Å². The van der Waals surface area contributed by atoms with Gasteiger partial charge in [0.25, 0.3) is 0 Å². The highest BCUT2D eigenvalue weighted by Crippen LogP contribution is 2.31. The van der Waals surface area contributed by atoms with Crippen LogP contribution in [0.25, 0.3) is 0 Å². The number of halogens is 1. The Kier molecular flexibility index (Phi) is 4.71. The Labute approximate surface area is 137 Å². The molecule has 1 aromatic carbocycles. The van der Waals surface area contributed by atoms with Gasteiger partial charge >= 0.3 is 0 Å². The van der Waals surface area contributed by atoms with E-state index in [2.05, 4.69) is 34.3 Å². The Bertz CT molecular complexity index is 533. The molecule has 0 aliphatic carbocycles. The molecular formula is C17H24ClN3O. The minimum absolute atomic E-state index is 0.129. The van der Waals surface area contributed by atoms with Gasteiger partial charge in [-0.3, -0.25) is 14.6 Å². The van der Waals surface area contributed by atoms with E-state index in [0.717, 1.165) is 50.6 Å². The van der Waals surface area contributed by atoms with Crippen molar-refractivity contribution in [3.63, 3.8) is 0 Å². The molecule has 1 N–H and O–H groups in total. The Morgan fingerprint density at radius 1 is 1.23 bits per heavy atom. The van der Waals surface area contributed by atoms with Gasteiger partial charge in [0.1, 0.15) is 0 Å². The van der Waals surface area contributed by atoms with Gasteiger partial charge in [-0.1, -0.05) is 23.7 Å². The lowest BCUT2D eigenvalue weighted by Gasteiger charge is -2.49. The van der Waals surface area contributed by atoms with Gasteiger partial charge in [-0.25, -0.2) is 0 Å². The Morgan fingerprint density at radius 3 is 2.77 bits per heavy atom. The molecule has 0 bridgehead atoms. The van der Waals surface area contributed by atoms with Crippen molar-refractivity contribution in [2.75, 3.05) is 33.2 Å². The van der Waals surface area contributed by atoms with Crippen LogP contribution in [0.1, 0.15) is 24.8 Å². The van der Waals surface area contributed by atoms with Gasteiger partial charge in [-0.15, -0.1) is 0 Å². The summed E-state index contributed by atoms with van der Waals surface area (Å²) < 4.78 is 0. The number of piperazine rings is 1. The molecule has 2 aliphatic rings. The van der Waals surface area contributed by atoms with Gasteiger partial charge in [0.05, 0.1) is 0 Å². The molecule has 1 spiro atoms. The van der Waals surface area contributed by atoms with Crippen LogP contribution in [0.5, 0.6) is 0 Å². The number of likely N-dealkylation sites (N-methyl/N-ethyl adjacent to an activating group) is 1. The highest BCUT2D eigenvalue weighted by atomic mass is 35.5. The van der Waals surface area contributed by atoms with Gasteiger partial charge in [0.15, 0.2) is 0 Å². The Morgan fingerprint density at radius 2 is 2.00 bits per heavy atom. The highest BCUT2D eigenvalue weighted by Gasteiger charge is 2.40. The lowest BCUT2D eigenvalue weighted by atomic mass is 9.86. The average molecular weight is 322 g/mol. The van der Waals surface area contributed by atoms with Crippen molar-refractivity contribution in [2.24, 2.45) is 0 Å². The number of nitrogens with one attached hydrogen (secondary N) is 1. The van der Waals surface area contributed by atoms with Gasteiger partial charge in [-0.05, 0) is 37.6 Å². The van der Waals surface area contributed by atoms with Crippen molar-refractivity contribution in [2.45, 2.75) is 31.3 Å². The maximum atomic E-state index is 11.7. The zero-order valence-corrected chi connectivity index (χ0v) is 13.9. The average Bonchev–Trinajstić information content (AvgIpc) is 2.69. The fourth-order valence-electron chi connectivity index (χ4n) is 3.66. The van der Waals surface area contributed by atoms with Crippen LogP contribution in [0.4, 0.5) is 0 Å². The number of benzene rings is 1. The topological polar surface area (TPSA) is 35.6 Å². The predicted molar refractivity (Wildman–Crippen MR) is 89.0 cm³/mol. The standard InChI is InChI=1S/C17H24ClN3O/c1-20-10-11-21(12-14-2-4-15(18)5-3-14)13-17(20)7-6-16(22)19-9-8-17/h2-5H,6-13H2,1H3,(H,19,22). The summed E-state index contributed by atoms with van der Waals surface area (Å²) in [4.78, 5) is 16.6. The first-order valence-corrected chi connectivity index (χ1v) is 8.40. The third-order valence-electron chi connectivity index (χ3n) is 5.13. The van der Waals surface area contributed by atoms with Crippen molar-refractivity contribution >= 4 is 17.5 Å². The number of hydrogen-bond donors (Lipinski definition) is 1. The molecule has 1 unspecified atom stereocenters. The summed E-state index contributed by atoms with van der Waals surface area (Å²) in [6.45, 7) is 4.90. The summed E-state index contributed by atoms with van der Waals surface area (Å²) in [7, 11) is 2.20. The van der Waals surface area contributed by atoms with Crippen molar-refractivity contribution in [3.05, 3.63) is 34.9 Å². The molecule has 1 amide bonds. The predicted octanol–water partition coefficient (Wildman–Crippen LogP) is 2.13. The van der Waals surface area contributed by atoms with Crippen LogP contribution in [0.2, 0.25) is 5.02 Å². The van der Waals surface area contributed by atoms with Crippen molar-refractivity contribution < 1.29 is 4.79 Å². The monoisotopic (exact) mass is 321 g/mol. The minimum Gasteiger partial charge on any atom is -0.356 e. The highest BCUT2D eigenvalue weighted by molar-refractivity contribution is 6.30. The number of rotatable bonds is 2. The zero-order chi connectivity index (χ0) is 15.6. The first-order chi connectivity index (χ1) is 10.6. The van der Waals surface area contributed by atoms with E-state index in [-0.39, 0.29) is 11.4 Å². The summed E-state index contributed by atoms with van der Waals surface area (Å²) in [6.07, 6.45) is 2.62. The van der Waals surface area contributed by atoms with Gasteiger partial charge < -0.3 is 5.32 Å². The number of hydrogen-bond acceptors (Lipinski definition) is 3. The molecule has 1 atom stereocenters. The summed E-state index contributed by atoms with van der Waals surface area (Å²) in [5.74, 6) is 0.195. The molecule has 3 rings (SSSR count). The summed E-state index contributed by atoms with van der Waals surface area (Å²) in [5.41, 5.74) is 1.43. The van der Waals surface area contributed by atoms with Crippen LogP contribution in [-0.2, 0) is 11.3 Å². The molecule has 0 aromatic heterocycles. The fraction of sp³-hybridized carbons (Fsp3) is 0.588. The van der Waals surface area contributed by atoms with Crippen molar-refractivity contribution in [3.8, 4) is 0 Å². The molecule has 1 aromatic rings. The van der Waals surface area contributed by atoms with Crippen LogP contribution in [-0.4, -0.2) is 54.5 Å². The number of amides is 1. The van der Waals surface area contributed by atoms with E-state index < -0.39 is 0 Å². The summed E-state index contributed by atoms with van der Waals surface area (Å²) >= 11 is 5.96. The molecule has 2 aliphatic heterocycles. The Hall–Kier alpha value is -1.10. The van der Waals surface area contributed by atoms with Crippen molar-refractivity contribution in [1.29, 1.82) is 0 Å². The van der Waals surface area contributed by atoms with E-state index in [1.54, 1.807) is 0 Å². The second-order valence-corrected chi connectivity index (χ2v) is 7.02. The Balaban J connectivity index is 1.70. The number of carbonyl (C=O) groups excluding carboxylic acids is 1. The van der Waals surface area contributed by atoms with Gasteiger partial charge in [0.2, 0.25) is 5.91 Å². The summed E-state index contributed by atoms with van der Waals surface area (Å²) in [5, 5.41) is 3.79. The van der Waals surface area contributed by atoms with Gasteiger partial charge in [0, 0.05) is 49.7 Å². The third kappa shape index (κ3) is 3.45. The van der Waals surface area contributed by atoms with Crippen LogP contribution in [0.15, 0.2) is 24.3 Å². The van der Waals surface area contributed by atoms with Gasteiger partial charge in [-0.2, -0.15) is 0 Å². The van der Waals surface area contributed by atoms with E-state index >= 15 is 0 Å². The smallest absolute Gasteiger partial charge is 0.220 e. The van der Waals surface area contributed by atoms with Crippen LogP contribution in [0.3, 0.4) is 0 Å². The third-order valence-corrected chi connectivity index (χ3v) is 5.38. The maximum Gasteiger partial charge on any atom is 0.220 e. The molecular weight excluding hydrogens is 298 g/mol. The summed E-state index contributed by atoms with van der Waals surface area (Å²) in [6, 6.07) is 8.12. The van der Waals surface area contributed by atoms with E-state index in [4.69, 9.17) is 11.6 Å². The molecule has 4 nitrogen and oxygen atoms in total. The SMILES string of the molecule is CN1CCN(Cc2ccc(Cl)cc2)CC12CCNC(=O)CC2. The normalized spacial score (nSPS) is 27.6. The first kappa shape index (κ1) is 15.8. The van der Waals surface area contributed by atoms with E-state index in [1.165, 1.54) is 5.56 Å². The molecule has 5 heteroatoms. The zero-order valence-electron chi connectivity index (χ0n) is 13.1. The van der Waals surface area contributed by atoms with Crippen LogP contribution >= 0.6 is 11.6 Å². The fourth-order valence-corrected chi connectivity index (χ4v) is 3.79. The minimum atomic E-state index is 0.129. The molecule has 120 valence electrons. The molecule has 0 saturated carbocycles. The van der Waals surface area contributed by atoms with E-state index in [1.807, 2.05) is 12.1 Å². The molecule has 2 saturated heterocycles. The molecule has 0 radical (unpaired) electrons. The second-order valence-electron chi connectivity index (χ2n) is 6.58. The quantitative estimate of drug-likeness (QED) is 0.906. The van der Waals surface area contributed by atoms with Crippen LogP contribution in [0, 0.1) is 0 Å². The lowest BCUT2D eigenvalue weighted by molar-refractivity contribution is -0.121. The molecule has 2 heterocycles.